The van der Waals surface area contributed by atoms with Gasteiger partial charge in [-0.3, -0.25) is 9.69 Å². The molecule has 1 aliphatic heterocycles. The Morgan fingerprint density at radius 2 is 1.87 bits per heavy atom. The van der Waals surface area contributed by atoms with Crippen LogP contribution in [-0.2, 0) is 9.47 Å². The van der Waals surface area contributed by atoms with Gasteiger partial charge in [-0.1, -0.05) is 18.2 Å². The highest BCUT2D eigenvalue weighted by Gasteiger charge is 2.38. The number of nitrogens with two attached hydrogens (primary N) is 1. The van der Waals surface area contributed by atoms with Gasteiger partial charge in [-0.2, -0.15) is 0 Å². The fourth-order valence-electron chi connectivity index (χ4n) is 4.26. The smallest absolute Gasteiger partial charge is 0.410 e. The largest absolute Gasteiger partial charge is 0.461 e. The molecule has 1 aromatic carbocycles. The van der Waals surface area contributed by atoms with Gasteiger partial charge in [0.1, 0.15) is 17.1 Å². The summed E-state index contributed by atoms with van der Waals surface area (Å²) in [5.41, 5.74) is 0.664. The van der Waals surface area contributed by atoms with E-state index >= 15 is 0 Å². The lowest BCUT2D eigenvalue weighted by molar-refractivity contribution is 0.0216. The third-order valence-corrected chi connectivity index (χ3v) is 5.91. The summed E-state index contributed by atoms with van der Waals surface area (Å²) in [6, 6.07) is 11.4. The average Bonchev–Trinajstić information content (AvgIpc) is 3.48. The van der Waals surface area contributed by atoms with Gasteiger partial charge >= 0.3 is 12.1 Å². The fraction of sp³-hybridized carbons (Fsp3) is 0.370. The lowest BCUT2D eigenvalue weighted by atomic mass is 10.1. The minimum absolute atomic E-state index is 0.0589. The molecule has 0 saturated carbocycles. The summed E-state index contributed by atoms with van der Waals surface area (Å²) in [4.78, 5) is 48.8. The molecule has 38 heavy (non-hydrogen) atoms. The van der Waals surface area contributed by atoms with Crippen molar-refractivity contribution in [3.05, 3.63) is 65.7 Å². The van der Waals surface area contributed by atoms with Crippen molar-refractivity contribution in [3.63, 3.8) is 0 Å². The standard InChI is InChI=1S/C27H32N6O5/c1-5-37-25(35)22-21(17-11-13-18(14-12-17)24(34)30-20-10-6-7-15-29-20)31-23(33(22)28)19-9-8-16-32(19)26(36)38-27(2,3)4/h6-7,10-15,19H,5,8-9,16,28H2,1-4H3,(H,29,30,34). The van der Waals surface area contributed by atoms with E-state index in [0.29, 0.717) is 41.4 Å². The number of amides is 2. The van der Waals surface area contributed by atoms with Crippen molar-refractivity contribution in [2.75, 3.05) is 24.3 Å². The van der Waals surface area contributed by atoms with Crippen molar-refractivity contribution in [2.45, 2.75) is 52.2 Å². The van der Waals surface area contributed by atoms with Crippen LogP contribution in [0.25, 0.3) is 11.3 Å². The maximum atomic E-state index is 12.9. The Labute approximate surface area is 220 Å². The predicted molar refractivity (Wildman–Crippen MR) is 141 cm³/mol. The molecular formula is C27H32N6O5. The van der Waals surface area contributed by atoms with Crippen molar-refractivity contribution in [1.82, 2.24) is 19.5 Å². The van der Waals surface area contributed by atoms with Crippen molar-refractivity contribution in [1.29, 1.82) is 0 Å². The summed E-state index contributed by atoms with van der Waals surface area (Å²) >= 11 is 0. The number of esters is 1. The zero-order valence-corrected chi connectivity index (χ0v) is 21.9. The molecule has 3 heterocycles. The first-order chi connectivity index (χ1) is 18.1. The van der Waals surface area contributed by atoms with E-state index in [1.54, 1.807) is 81.3 Å². The third kappa shape index (κ3) is 5.77. The number of hydrogen-bond donors (Lipinski definition) is 2. The first-order valence-corrected chi connectivity index (χ1v) is 12.5. The number of imidazole rings is 1. The molecule has 11 heteroatoms. The molecule has 1 fully saturated rings. The lowest BCUT2D eigenvalue weighted by Gasteiger charge is -2.28. The number of nitrogens with one attached hydrogen (secondary N) is 1. The molecule has 1 aliphatic rings. The van der Waals surface area contributed by atoms with Crippen LogP contribution >= 0.6 is 0 Å². The Hall–Kier alpha value is -4.41. The molecule has 0 spiro atoms. The Morgan fingerprint density at radius 1 is 1.13 bits per heavy atom. The summed E-state index contributed by atoms with van der Waals surface area (Å²) in [5, 5.41) is 2.73. The lowest BCUT2D eigenvalue weighted by Crippen LogP contribution is -2.37. The maximum Gasteiger partial charge on any atom is 0.410 e. The van der Waals surface area contributed by atoms with Gasteiger partial charge in [0.05, 0.1) is 12.6 Å². The van der Waals surface area contributed by atoms with E-state index in [4.69, 9.17) is 20.3 Å². The van der Waals surface area contributed by atoms with Crippen LogP contribution in [0.15, 0.2) is 48.7 Å². The maximum absolute atomic E-state index is 12.9. The van der Waals surface area contributed by atoms with E-state index in [1.165, 1.54) is 4.68 Å². The molecule has 2 aromatic heterocycles. The van der Waals surface area contributed by atoms with Crippen LogP contribution in [0.2, 0.25) is 0 Å². The zero-order valence-electron chi connectivity index (χ0n) is 21.9. The molecule has 3 N–H and O–H groups in total. The second-order valence-corrected chi connectivity index (χ2v) is 9.84. The molecule has 1 atom stereocenters. The highest BCUT2D eigenvalue weighted by molar-refractivity contribution is 6.04. The summed E-state index contributed by atoms with van der Waals surface area (Å²) in [7, 11) is 0. The van der Waals surface area contributed by atoms with E-state index in [-0.39, 0.29) is 18.2 Å². The summed E-state index contributed by atoms with van der Waals surface area (Å²) in [6.45, 7) is 7.74. The number of carbonyl (C=O) groups is 3. The summed E-state index contributed by atoms with van der Waals surface area (Å²) < 4.78 is 12.0. The van der Waals surface area contributed by atoms with Crippen LogP contribution in [0.4, 0.5) is 10.6 Å². The van der Waals surface area contributed by atoms with E-state index < -0.39 is 23.7 Å². The normalized spacial score (nSPS) is 15.3. The van der Waals surface area contributed by atoms with Gasteiger partial charge in [-0.25, -0.2) is 24.2 Å². The number of rotatable bonds is 6. The van der Waals surface area contributed by atoms with Crippen molar-refractivity contribution >= 4 is 23.8 Å². The first kappa shape index (κ1) is 26.6. The number of benzene rings is 1. The van der Waals surface area contributed by atoms with E-state index in [9.17, 15) is 14.4 Å². The van der Waals surface area contributed by atoms with Crippen molar-refractivity contribution in [2.24, 2.45) is 0 Å². The van der Waals surface area contributed by atoms with E-state index in [0.717, 1.165) is 6.42 Å². The number of hydrogen-bond acceptors (Lipinski definition) is 8. The molecule has 0 aliphatic carbocycles. The number of carbonyl (C=O) groups excluding carboxylic acids is 3. The molecular weight excluding hydrogens is 488 g/mol. The summed E-state index contributed by atoms with van der Waals surface area (Å²) in [6.07, 6.45) is 2.47. The Kier molecular flexibility index (Phi) is 7.65. The van der Waals surface area contributed by atoms with E-state index in [1.807, 2.05) is 0 Å². The molecule has 0 bridgehead atoms. The molecule has 1 saturated heterocycles. The molecule has 1 unspecified atom stereocenters. The fourth-order valence-corrected chi connectivity index (χ4v) is 4.26. The minimum atomic E-state index is -0.659. The number of ether oxygens (including phenoxy) is 2. The van der Waals surface area contributed by atoms with Gasteiger partial charge in [0.15, 0.2) is 11.5 Å². The van der Waals surface area contributed by atoms with Crippen LogP contribution < -0.4 is 11.2 Å². The predicted octanol–water partition coefficient (Wildman–Crippen LogP) is 4.16. The highest BCUT2D eigenvalue weighted by atomic mass is 16.6. The zero-order chi connectivity index (χ0) is 27.4. The first-order valence-electron chi connectivity index (χ1n) is 12.5. The van der Waals surface area contributed by atoms with Crippen LogP contribution in [-0.4, -0.2) is 56.3 Å². The number of anilines is 1. The van der Waals surface area contributed by atoms with Crippen LogP contribution in [0.1, 0.15) is 73.2 Å². The summed E-state index contributed by atoms with van der Waals surface area (Å²) in [5.74, 6) is 6.23. The van der Waals surface area contributed by atoms with Gasteiger partial charge in [-0.15, -0.1) is 0 Å². The Balaban J connectivity index is 1.66. The molecule has 0 radical (unpaired) electrons. The monoisotopic (exact) mass is 520 g/mol. The van der Waals surface area contributed by atoms with E-state index in [2.05, 4.69) is 10.3 Å². The molecule has 11 nitrogen and oxygen atoms in total. The third-order valence-electron chi connectivity index (χ3n) is 5.91. The quantitative estimate of drug-likeness (QED) is 0.364. The average molecular weight is 521 g/mol. The SMILES string of the molecule is CCOC(=O)c1c(-c2ccc(C(=O)Nc3ccccn3)cc2)nc(C2CCCN2C(=O)OC(C)(C)C)n1N. The molecule has 200 valence electrons. The molecule has 3 aromatic rings. The number of pyridine rings is 1. The van der Waals surface area contributed by atoms with Gasteiger partial charge in [0, 0.05) is 23.9 Å². The Bertz CT molecular complexity index is 1310. The number of aromatic nitrogens is 3. The second-order valence-electron chi connectivity index (χ2n) is 9.84. The number of nitrogen functional groups attached to an aromatic ring is 1. The van der Waals surface area contributed by atoms with Crippen molar-refractivity contribution < 1.29 is 23.9 Å². The van der Waals surface area contributed by atoms with Crippen molar-refractivity contribution in [3.8, 4) is 11.3 Å². The van der Waals surface area contributed by atoms with Gasteiger partial charge in [-0.05, 0) is 64.8 Å². The molecule has 2 amide bonds. The van der Waals surface area contributed by atoms with Gasteiger partial charge in [0.25, 0.3) is 5.91 Å². The number of likely N-dealkylation sites (tertiary alicyclic amines) is 1. The minimum Gasteiger partial charge on any atom is -0.461 e. The van der Waals surface area contributed by atoms with Gasteiger partial charge < -0.3 is 20.6 Å². The van der Waals surface area contributed by atoms with Crippen LogP contribution in [0, 0.1) is 0 Å². The van der Waals surface area contributed by atoms with Gasteiger partial charge in [0.2, 0.25) is 0 Å². The second kappa shape index (κ2) is 10.9. The topological polar surface area (TPSA) is 142 Å². The van der Waals surface area contributed by atoms with Crippen LogP contribution in [0.5, 0.6) is 0 Å². The molecule has 4 rings (SSSR count). The highest BCUT2D eigenvalue weighted by Crippen LogP contribution is 2.35. The Morgan fingerprint density at radius 3 is 2.50 bits per heavy atom. The van der Waals surface area contributed by atoms with Crippen LogP contribution in [0.3, 0.4) is 0 Å². The number of nitrogens with zero attached hydrogens (tertiary/aromatic N) is 4.